The molecule has 0 N–H and O–H groups in total. The summed E-state index contributed by atoms with van der Waals surface area (Å²) in [5, 5.41) is 0. The first-order valence-electron chi connectivity index (χ1n) is 7.20. The molecule has 0 saturated heterocycles. The van der Waals surface area contributed by atoms with Crippen LogP contribution in [0.2, 0.25) is 0 Å². The predicted molar refractivity (Wildman–Crippen MR) is 83.1 cm³/mol. The molecule has 0 aromatic rings. The van der Waals surface area contributed by atoms with Crippen LogP contribution in [0.15, 0.2) is 0 Å². The van der Waals surface area contributed by atoms with Crippen molar-refractivity contribution in [2.75, 3.05) is 0 Å². The Kier molecular flexibility index (Phi) is 25.8. The van der Waals surface area contributed by atoms with Gasteiger partial charge in [0.2, 0.25) is 0 Å². The smallest absolute Gasteiger partial charge is 0.343 e. The van der Waals surface area contributed by atoms with Gasteiger partial charge in [0.15, 0.2) is 0 Å². The molecule has 0 amide bonds. The van der Waals surface area contributed by atoms with Crippen molar-refractivity contribution in [2.24, 2.45) is 11.8 Å². The molecular weight excluding hydrogens is 216 g/mol. The van der Waals surface area contributed by atoms with E-state index in [4.69, 9.17) is 0 Å². The predicted octanol–water partition coefficient (Wildman–Crippen LogP) is 5.69. The Balaban J connectivity index is -0.000000218. The van der Waals surface area contributed by atoms with Crippen molar-refractivity contribution < 1.29 is 0 Å². The molecule has 0 heterocycles. The van der Waals surface area contributed by atoms with Crippen LogP contribution < -0.4 is 0 Å². The van der Waals surface area contributed by atoms with Gasteiger partial charge in [0, 0.05) is 0 Å². The zero-order valence-corrected chi connectivity index (χ0v) is 14.3. The van der Waals surface area contributed by atoms with E-state index in [1.54, 1.807) is 0 Å². The molecule has 0 bridgehead atoms. The Morgan fingerprint density at radius 3 is 1.18 bits per heavy atom. The first-order chi connectivity index (χ1) is 7.62. The van der Waals surface area contributed by atoms with E-state index < -0.39 is 0 Å². The van der Waals surface area contributed by atoms with Crippen molar-refractivity contribution in [3.63, 3.8) is 0 Å². The molecule has 0 aliphatic heterocycles. The van der Waals surface area contributed by atoms with Gasteiger partial charge in [-0.1, -0.05) is 66.2 Å². The van der Waals surface area contributed by atoms with Crippen LogP contribution in [-0.4, -0.2) is 23.1 Å². The van der Waals surface area contributed by atoms with Crippen LogP contribution >= 0.6 is 0 Å². The molecule has 2 atom stereocenters. The third kappa shape index (κ3) is 22.4. The molecule has 0 radical (unpaired) electrons. The summed E-state index contributed by atoms with van der Waals surface area (Å²) < 4.78 is 0. The maximum Gasteiger partial charge on any atom is 2.00 e. The van der Waals surface area contributed by atoms with Gasteiger partial charge in [-0.2, -0.15) is 12.8 Å². The van der Waals surface area contributed by atoms with Gasteiger partial charge in [0.25, 0.3) is 0 Å². The molecule has 0 aliphatic carbocycles. The third-order valence-electron chi connectivity index (χ3n) is 2.96. The van der Waals surface area contributed by atoms with Gasteiger partial charge in [-0.05, 0) is 11.8 Å². The molecule has 0 saturated carbocycles. The summed E-state index contributed by atoms with van der Waals surface area (Å²) in [5.41, 5.74) is 0. The second kappa shape index (κ2) is 19.1. The van der Waals surface area contributed by atoms with E-state index in [1.807, 2.05) is 0 Å². The summed E-state index contributed by atoms with van der Waals surface area (Å²) in [7, 11) is 0. The van der Waals surface area contributed by atoms with Crippen LogP contribution in [0.5, 0.6) is 0 Å². The Morgan fingerprint density at radius 1 is 0.706 bits per heavy atom. The molecule has 0 fully saturated rings. The second-order valence-electron chi connectivity index (χ2n) is 5.07. The molecule has 0 spiro atoms. The Hall–Kier alpha value is 0.766. The van der Waals surface area contributed by atoms with Gasteiger partial charge in [-0.25, -0.2) is 0 Å². The summed E-state index contributed by atoms with van der Waals surface area (Å²) in [6.07, 6.45) is 10.2. The van der Waals surface area contributed by atoms with Crippen molar-refractivity contribution in [3.05, 3.63) is 13.8 Å². The molecule has 0 aliphatic rings. The third-order valence-corrected chi connectivity index (χ3v) is 2.96. The van der Waals surface area contributed by atoms with Crippen molar-refractivity contribution >= 4 is 23.1 Å². The van der Waals surface area contributed by atoms with Crippen molar-refractivity contribution in [1.29, 1.82) is 0 Å². The fourth-order valence-electron chi connectivity index (χ4n) is 1.97. The van der Waals surface area contributed by atoms with E-state index in [2.05, 4.69) is 41.5 Å². The molecule has 2 unspecified atom stereocenters. The minimum absolute atomic E-state index is 0. The summed E-state index contributed by atoms with van der Waals surface area (Å²) >= 11 is 0. The fraction of sp³-hybridized carbons (Fsp3) is 0.875. The topological polar surface area (TPSA) is 0 Å². The summed E-state index contributed by atoms with van der Waals surface area (Å²) in [6, 6.07) is 0. The van der Waals surface area contributed by atoms with Gasteiger partial charge in [-0.15, -0.1) is 0 Å². The largest absolute Gasteiger partial charge is 2.00 e. The summed E-state index contributed by atoms with van der Waals surface area (Å²) in [4.78, 5) is 0. The van der Waals surface area contributed by atoms with E-state index in [9.17, 15) is 0 Å². The standard InChI is InChI=1S/2C8H17.Mg/c2*1-4-6-8(3)7-5-2;/h2*8H,1,4-7H2,2-3H3;/q2*-1;+2. The van der Waals surface area contributed by atoms with Gasteiger partial charge in [0.1, 0.15) is 0 Å². The van der Waals surface area contributed by atoms with Crippen molar-refractivity contribution in [3.8, 4) is 0 Å². The Labute approximate surface area is 127 Å². The van der Waals surface area contributed by atoms with Gasteiger partial charge in [0.05, 0.1) is 0 Å². The van der Waals surface area contributed by atoms with Gasteiger partial charge >= 0.3 is 23.1 Å². The summed E-state index contributed by atoms with van der Waals surface area (Å²) in [5.74, 6) is 1.80. The molecule has 17 heavy (non-hydrogen) atoms. The summed E-state index contributed by atoms with van der Waals surface area (Å²) in [6.45, 7) is 16.7. The number of rotatable bonds is 8. The van der Waals surface area contributed by atoms with E-state index in [-0.39, 0.29) is 23.1 Å². The average Bonchev–Trinajstić information content (AvgIpc) is 2.20. The van der Waals surface area contributed by atoms with Crippen LogP contribution in [0, 0.1) is 25.7 Å². The molecule has 100 valence electrons. The number of hydrogen-bond donors (Lipinski definition) is 0. The molecule has 1 heteroatoms. The zero-order valence-electron chi connectivity index (χ0n) is 12.9. The van der Waals surface area contributed by atoms with Crippen molar-refractivity contribution in [1.82, 2.24) is 0 Å². The Bertz CT molecular complexity index is 86.1. The Morgan fingerprint density at radius 2 is 1.00 bits per heavy atom. The SMILES string of the molecule is [CH2-]CCC(C)CCC.[CH2-]CCC(C)CCC.[Mg+2]. The minimum Gasteiger partial charge on any atom is -0.343 e. The van der Waals surface area contributed by atoms with Crippen LogP contribution in [-0.2, 0) is 0 Å². The van der Waals surface area contributed by atoms with Crippen LogP contribution in [0.4, 0.5) is 0 Å². The molecule has 0 nitrogen and oxygen atoms in total. The maximum absolute atomic E-state index is 3.81. The normalized spacial score (nSPS) is 13.1. The zero-order chi connectivity index (χ0) is 12.8. The monoisotopic (exact) mass is 250 g/mol. The van der Waals surface area contributed by atoms with Gasteiger partial charge in [-0.3, -0.25) is 0 Å². The quantitative estimate of drug-likeness (QED) is 0.383. The maximum atomic E-state index is 3.81. The molecule has 0 rings (SSSR count). The van der Waals surface area contributed by atoms with Gasteiger partial charge < -0.3 is 13.8 Å². The molecule has 0 aromatic heterocycles. The van der Waals surface area contributed by atoms with Crippen LogP contribution in [0.1, 0.15) is 79.1 Å². The average molecular weight is 251 g/mol. The molecule has 0 aromatic carbocycles. The van der Waals surface area contributed by atoms with E-state index >= 15 is 0 Å². The van der Waals surface area contributed by atoms with Crippen LogP contribution in [0.25, 0.3) is 0 Å². The van der Waals surface area contributed by atoms with E-state index in [0.29, 0.717) is 0 Å². The first kappa shape index (κ1) is 22.9. The number of hydrogen-bond acceptors (Lipinski definition) is 0. The minimum atomic E-state index is 0. The van der Waals surface area contributed by atoms with Crippen LogP contribution in [0.3, 0.4) is 0 Å². The second-order valence-corrected chi connectivity index (χ2v) is 5.07. The first-order valence-corrected chi connectivity index (χ1v) is 7.20. The van der Waals surface area contributed by atoms with E-state index in [1.165, 1.54) is 38.5 Å². The van der Waals surface area contributed by atoms with Crippen molar-refractivity contribution in [2.45, 2.75) is 79.1 Å². The fourth-order valence-corrected chi connectivity index (χ4v) is 1.97. The molecular formula is C16H34Mg. The van der Waals surface area contributed by atoms with E-state index in [0.717, 1.165) is 24.7 Å².